The molecule has 6 heteroatoms. The van der Waals surface area contributed by atoms with Crippen LogP contribution in [0.5, 0.6) is 11.5 Å². The summed E-state index contributed by atoms with van der Waals surface area (Å²) in [6.45, 7) is 35.4. The van der Waals surface area contributed by atoms with Crippen LogP contribution in [0.4, 0.5) is 0 Å². The normalized spacial score (nSPS) is 12.6. The maximum absolute atomic E-state index is 6.61. The van der Waals surface area contributed by atoms with E-state index in [2.05, 4.69) is 118 Å². The van der Waals surface area contributed by atoms with E-state index in [9.17, 15) is 0 Å². The maximum Gasteiger partial charge on any atom is 0.117 e. The third kappa shape index (κ3) is 8.94. The Balaban J connectivity index is 2.70. The summed E-state index contributed by atoms with van der Waals surface area (Å²) in [7, 11) is -4.36. The van der Waals surface area contributed by atoms with Gasteiger partial charge in [-0.05, 0) is 56.6 Å². The summed E-state index contributed by atoms with van der Waals surface area (Å²) >= 11 is 0. The van der Waals surface area contributed by atoms with E-state index in [1.54, 1.807) is 0 Å². The molecule has 39 heavy (non-hydrogen) atoms. The molecule has 0 aliphatic heterocycles. The summed E-state index contributed by atoms with van der Waals surface area (Å²) in [5.74, 6) is 3.82. The van der Waals surface area contributed by atoms with Crippen LogP contribution in [-0.2, 0) is 5.41 Å². The van der Waals surface area contributed by atoms with Gasteiger partial charge in [0.15, 0.2) is 0 Å². The van der Waals surface area contributed by atoms with Crippen molar-refractivity contribution >= 4 is 55.9 Å². The van der Waals surface area contributed by atoms with E-state index >= 15 is 0 Å². The van der Waals surface area contributed by atoms with Gasteiger partial charge in [-0.1, -0.05) is 118 Å². The van der Waals surface area contributed by atoms with Crippen molar-refractivity contribution in [2.24, 2.45) is 11.8 Å². The van der Waals surface area contributed by atoms with Crippen molar-refractivity contribution in [2.45, 2.75) is 112 Å². The smallest absolute Gasteiger partial charge is 0.117 e. The van der Waals surface area contributed by atoms with Crippen LogP contribution >= 0.6 is 0 Å². The Morgan fingerprint density at radius 2 is 0.795 bits per heavy atom. The van der Waals surface area contributed by atoms with E-state index in [1.807, 2.05) is 0 Å². The van der Waals surface area contributed by atoms with Crippen LogP contribution in [0.1, 0.15) is 65.5 Å². The molecule has 0 atom stereocenters. The van der Waals surface area contributed by atoms with Gasteiger partial charge in [0.1, 0.15) is 11.5 Å². The van der Waals surface area contributed by atoms with Crippen molar-refractivity contribution < 1.29 is 9.47 Å². The lowest BCUT2D eigenvalue weighted by Gasteiger charge is -2.32. The standard InChI is InChI=1S/C33H60O2Si4/c1-23(2)15-17-34-31-27(36(7)8)19-25(20-28(31)37(9)10)33(5,6)26-21-29(38(11)12)32(30(22-26)39(13)14)35-18-16-24(3)4/h19-24,36-39H,15-18H2,1-14H3. The van der Waals surface area contributed by atoms with Gasteiger partial charge >= 0.3 is 0 Å². The highest BCUT2D eigenvalue weighted by Gasteiger charge is 2.30. The number of rotatable bonds is 14. The summed E-state index contributed by atoms with van der Waals surface area (Å²) in [5, 5.41) is 6.08. The number of benzene rings is 2. The molecule has 0 saturated heterocycles. The third-order valence-corrected chi connectivity index (χ3v) is 14.8. The molecule has 0 unspecified atom stereocenters. The van der Waals surface area contributed by atoms with Gasteiger partial charge in [0.25, 0.3) is 0 Å². The molecule has 0 aliphatic carbocycles. The first-order valence-electron chi connectivity index (χ1n) is 15.7. The lowest BCUT2D eigenvalue weighted by atomic mass is 9.78. The number of ether oxygens (including phenoxy) is 2. The second-order valence-corrected chi connectivity index (χ2v) is 26.0. The van der Waals surface area contributed by atoms with Crippen molar-refractivity contribution in [3.63, 3.8) is 0 Å². The lowest BCUT2D eigenvalue weighted by Crippen LogP contribution is -2.40. The van der Waals surface area contributed by atoms with Crippen LogP contribution in [0.3, 0.4) is 0 Å². The zero-order chi connectivity index (χ0) is 29.7. The molecule has 0 fully saturated rings. The van der Waals surface area contributed by atoms with Gasteiger partial charge in [-0.15, -0.1) is 0 Å². The van der Waals surface area contributed by atoms with Crippen molar-refractivity contribution in [3.8, 4) is 11.5 Å². The first-order chi connectivity index (χ1) is 18.1. The highest BCUT2D eigenvalue weighted by atomic mass is 28.3. The van der Waals surface area contributed by atoms with Gasteiger partial charge in [-0.3, -0.25) is 0 Å². The molecule has 0 amide bonds. The molecule has 0 spiro atoms. The quantitative estimate of drug-likeness (QED) is 0.262. The molecule has 2 nitrogen and oxygen atoms in total. The van der Waals surface area contributed by atoms with Crippen molar-refractivity contribution in [1.82, 2.24) is 0 Å². The van der Waals surface area contributed by atoms with Crippen LogP contribution in [0.15, 0.2) is 24.3 Å². The van der Waals surface area contributed by atoms with Gasteiger partial charge in [0.2, 0.25) is 0 Å². The molecule has 0 radical (unpaired) electrons. The number of hydrogen-bond acceptors (Lipinski definition) is 2. The maximum atomic E-state index is 6.61. The Hall–Kier alpha value is -1.09. The van der Waals surface area contributed by atoms with Crippen LogP contribution in [0, 0.1) is 11.8 Å². The molecule has 2 aromatic carbocycles. The minimum Gasteiger partial charge on any atom is -0.494 e. The van der Waals surface area contributed by atoms with Crippen LogP contribution in [0.25, 0.3) is 0 Å². The van der Waals surface area contributed by atoms with Gasteiger partial charge in [0, 0.05) is 5.41 Å². The van der Waals surface area contributed by atoms with E-state index in [4.69, 9.17) is 9.47 Å². The summed E-state index contributed by atoms with van der Waals surface area (Å²) < 4.78 is 13.2. The monoisotopic (exact) mass is 600 g/mol. The molecule has 0 saturated carbocycles. The van der Waals surface area contributed by atoms with Gasteiger partial charge in [-0.25, -0.2) is 0 Å². The Kier molecular flexibility index (Phi) is 12.9. The minimum atomic E-state index is -1.09. The van der Waals surface area contributed by atoms with Crippen molar-refractivity contribution in [2.75, 3.05) is 13.2 Å². The van der Waals surface area contributed by atoms with E-state index in [1.165, 1.54) is 43.4 Å². The lowest BCUT2D eigenvalue weighted by molar-refractivity contribution is 0.293. The molecule has 0 heterocycles. The third-order valence-electron chi connectivity index (χ3n) is 8.11. The SMILES string of the molecule is CC(C)CCOc1c([SiH](C)C)cc(C(C)(C)c2cc([SiH](C)C)c(OCCC(C)C)c([SiH](C)C)c2)cc1[SiH](C)C. The number of hydrogen-bond donors (Lipinski definition) is 0. The second-order valence-electron chi connectivity index (χ2n) is 14.3. The van der Waals surface area contributed by atoms with Crippen LogP contribution < -0.4 is 30.2 Å². The summed E-state index contributed by atoms with van der Waals surface area (Å²) in [6.07, 6.45) is 2.22. The molecule has 0 N–H and O–H groups in total. The Morgan fingerprint density at radius 1 is 0.538 bits per heavy atom. The average Bonchev–Trinajstić information content (AvgIpc) is 2.82. The average molecular weight is 601 g/mol. The molecule has 2 rings (SSSR count). The molecule has 0 bridgehead atoms. The Labute approximate surface area is 248 Å². The molecule has 0 aromatic heterocycles. The molecular weight excluding hydrogens is 541 g/mol. The predicted molar refractivity (Wildman–Crippen MR) is 189 cm³/mol. The fourth-order valence-corrected chi connectivity index (χ4v) is 10.6. The Bertz CT molecular complexity index is 930. The highest BCUT2D eigenvalue weighted by Crippen LogP contribution is 2.32. The molecular formula is C33H60O2Si4. The fraction of sp³-hybridized carbons (Fsp3) is 0.636. The van der Waals surface area contributed by atoms with E-state index in [-0.39, 0.29) is 5.41 Å². The van der Waals surface area contributed by atoms with Crippen LogP contribution in [0.2, 0.25) is 52.4 Å². The Morgan fingerprint density at radius 3 is 1.00 bits per heavy atom. The largest absolute Gasteiger partial charge is 0.494 e. The van der Waals surface area contributed by atoms with Crippen molar-refractivity contribution in [3.05, 3.63) is 35.4 Å². The summed E-state index contributed by atoms with van der Waals surface area (Å²) in [6, 6.07) is 10.1. The van der Waals surface area contributed by atoms with E-state index in [0.717, 1.165) is 26.1 Å². The first kappa shape index (κ1) is 34.1. The first-order valence-corrected chi connectivity index (χ1v) is 27.2. The topological polar surface area (TPSA) is 18.5 Å². The zero-order valence-electron chi connectivity index (χ0n) is 27.9. The van der Waals surface area contributed by atoms with E-state index < -0.39 is 35.2 Å². The van der Waals surface area contributed by atoms with E-state index in [0.29, 0.717) is 11.8 Å². The van der Waals surface area contributed by atoms with Gasteiger partial charge in [-0.2, -0.15) is 0 Å². The second kappa shape index (κ2) is 14.7. The fourth-order valence-electron chi connectivity index (χ4n) is 5.08. The zero-order valence-corrected chi connectivity index (χ0v) is 32.5. The summed E-state index contributed by atoms with van der Waals surface area (Å²) in [4.78, 5) is 0. The van der Waals surface area contributed by atoms with Crippen LogP contribution in [-0.4, -0.2) is 48.4 Å². The predicted octanol–water partition coefficient (Wildman–Crippen LogP) is 5.64. The molecule has 0 aliphatic rings. The van der Waals surface area contributed by atoms with Crippen molar-refractivity contribution in [1.29, 1.82) is 0 Å². The minimum absolute atomic E-state index is 0.0704. The van der Waals surface area contributed by atoms with Gasteiger partial charge in [0.05, 0.1) is 48.4 Å². The molecule has 2 aromatic rings. The highest BCUT2D eigenvalue weighted by molar-refractivity contribution is 6.76. The van der Waals surface area contributed by atoms with Gasteiger partial charge < -0.3 is 9.47 Å². The molecule has 220 valence electrons. The summed E-state index contributed by atoms with van der Waals surface area (Å²) in [5.41, 5.74) is 2.86.